The Labute approximate surface area is 482 Å². The Kier molecular flexibility index (Phi) is 14.5. The number of fused-ring (bicyclic) bond motifs is 6. The SMILES string of the molecule is Cc1cc(C2CCC(C)(C)CC2)ccc1-c1cc(-c2[c-]ccc3c2oc2ccccc23)ncc1C.[Ir+3].[c-]1ccccc1-c1cc(-c2cccc3c2c2cc(Cc4cc[c-]c(-c5ccccn5)c4)ccc2n3-c2ccccc2)ccn1. The van der Waals surface area contributed by atoms with Crippen molar-refractivity contribution in [1.82, 2.24) is 19.5 Å². The standard InChI is InChI=1S/C41H27N3.C33H32NO.Ir/c1-3-12-31(13-4-1)38-28-32(22-24-43-38)35-17-10-19-40-41(35)36-27-30(20-21-39(36)44(40)34-15-5-2-6-16-34)25-29-11-9-14-33(26-29)37-18-7-8-23-42-37;1-21-18-24(23-14-16-33(3,4)17-15-23)12-13-25(21)29-19-30(34-20-22(29)2)28-10-7-9-27-26-8-5-6-11-31(26)35-32(27)28;/h1-12,15-24,26-28H,25H2;5-9,11-13,18-20,23H,14-17H2,1-4H3;/q-2;-1;+3. The molecule has 5 nitrogen and oxygen atoms in total. The Bertz CT molecular complexity index is 4340. The molecule has 1 aliphatic rings. The van der Waals surface area contributed by atoms with E-state index in [-0.39, 0.29) is 20.1 Å². The molecule has 0 N–H and O–H groups in total. The van der Waals surface area contributed by atoms with Crippen molar-refractivity contribution < 1.29 is 24.5 Å². The molecule has 0 saturated heterocycles. The van der Waals surface area contributed by atoms with Gasteiger partial charge >= 0.3 is 20.1 Å². The van der Waals surface area contributed by atoms with Crippen LogP contribution in [0.25, 0.3) is 105 Å². The third-order valence-electron chi connectivity index (χ3n) is 16.2. The summed E-state index contributed by atoms with van der Waals surface area (Å²) in [6.45, 7) is 9.21. The van der Waals surface area contributed by atoms with Crippen molar-refractivity contribution in [1.29, 1.82) is 0 Å². The van der Waals surface area contributed by atoms with Crippen LogP contribution >= 0.6 is 0 Å². The molecule has 0 bridgehead atoms. The van der Waals surface area contributed by atoms with E-state index in [0.29, 0.717) is 11.3 Å². The monoisotopic (exact) mass is 1210 g/mol. The molecule has 5 aromatic heterocycles. The molecule has 0 aliphatic heterocycles. The van der Waals surface area contributed by atoms with E-state index < -0.39 is 0 Å². The second kappa shape index (κ2) is 22.3. The van der Waals surface area contributed by atoms with Gasteiger partial charge in [0.2, 0.25) is 0 Å². The fourth-order valence-corrected chi connectivity index (χ4v) is 12.0. The van der Waals surface area contributed by atoms with Gasteiger partial charge in [0.15, 0.2) is 0 Å². The summed E-state index contributed by atoms with van der Waals surface area (Å²) in [7, 11) is 0. The van der Waals surface area contributed by atoms with Crippen LogP contribution in [0, 0.1) is 37.5 Å². The average Bonchev–Trinajstić information content (AvgIpc) is 4.06. The van der Waals surface area contributed by atoms with E-state index in [0.717, 1.165) is 73.4 Å². The minimum absolute atomic E-state index is 0. The van der Waals surface area contributed by atoms with Crippen LogP contribution in [0.3, 0.4) is 0 Å². The molecule has 0 atom stereocenters. The van der Waals surface area contributed by atoms with Crippen LogP contribution in [0.5, 0.6) is 0 Å². The Hall–Kier alpha value is -8.54. The maximum absolute atomic E-state index is 6.26. The maximum Gasteiger partial charge on any atom is 3.00 e. The van der Waals surface area contributed by atoms with Gasteiger partial charge in [-0.2, -0.15) is 0 Å². The first-order valence-electron chi connectivity index (χ1n) is 27.6. The van der Waals surface area contributed by atoms with Crippen molar-refractivity contribution in [3.8, 4) is 61.7 Å². The molecular formula is C74H59IrN4O. The predicted molar refractivity (Wildman–Crippen MR) is 325 cm³/mol. The number of nitrogens with zero attached hydrogens (tertiary/aromatic N) is 4. The number of furan rings is 1. The fraction of sp³-hybridized carbons (Fsp3) is 0.149. The van der Waals surface area contributed by atoms with E-state index in [2.05, 4.69) is 200 Å². The maximum atomic E-state index is 6.26. The van der Waals surface area contributed by atoms with Gasteiger partial charge in [0.05, 0.1) is 16.6 Å². The number of aromatic nitrogens is 4. The normalized spacial score (nSPS) is 13.3. The van der Waals surface area contributed by atoms with Crippen molar-refractivity contribution in [2.75, 3.05) is 0 Å². The molecule has 390 valence electrons. The molecule has 14 rings (SSSR count). The summed E-state index contributed by atoms with van der Waals surface area (Å²) in [5.41, 5.74) is 22.7. The molecule has 0 unspecified atom stereocenters. The van der Waals surface area contributed by atoms with Crippen molar-refractivity contribution in [3.63, 3.8) is 0 Å². The molecule has 80 heavy (non-hydrogen) atoms. The smallest absolute Gasteiger partial charge is 0.501 e. The van der Waals surface area contributed by atoms with Crippen LogP contribution in [0.2, 0.25) is 0 Å². The molecule has 1 saturated carbocycles. The third kappa shape index (κ3) is 10.3. The van der Waals surface area contributed by atoms with Crippen LogP contribution < -0.4 is 0 Å². The predicted octanol–water partition coefficient (Wildman–Crippen LogP) is 19.2. The number of hydrogen-bond donors (Lipinski definition) is 0. The molecule has 0 spiro atoms. The molecule has 6 heteroatoms. The third-order valence-corrected chi connectivity index (χ3v) is 16.2. The summed E-state index contributed by atoms with van der Waals surface area (Å²) in [6.07, 6.45) is 11.7. The molecule has 0 radical (unpaired) electrons. The summed E-state index contributed by atoms with van der Waals surface area (Å²) < 4.78 is 8.64. The number of para-hydroxylation sites is 2. The second-order valence-corrected chi connectivity index (χ2v) is 22.0. The molecule has 1 fully saturated rings. The van der Waals surface area contributed by atoms with Crippen molar-refractivity contribution in [3.05, 3.63) is 265 Å². The first kappa shape index (κ1) is 52.2. The second-order valence-electron chi connectivity index (χ2n) is 22.0. The first-order chi connectivity index (χ1) is 38.7. The van der Waals surface area contributed by atoms with Gasteiger partial charge in [-0.25, -0.2) is 0 Å². The van der Waals surface area contributed by atoms with E-state index in [9.17, 15) is 0 Å². The quantitative estimate of drug-likeness (QED) is 0.135. The van der Waals surface area contributed by atoms with Gasteiger partial charge in [0, 0.05) is 40.4 Å². The molecule has 13 aromatic rings. The van der Waals surface area contributed by atoms with Gasteiger partial charge in [-0.15, -0.1) is 89.5 Å². The van der Waals surface area contributed by atoms with Crippen molar-refractivity contribution in [2.24, 2.45) is 5.41 Å². The minimum Gasteiger partial charge on any atom is -0.501 e. The molecule has 8 aromatic carbocycles. The summed E-state index contributed by atoms with van der Waals surface area (Å²) in [5.74, 6) is 0.685. The van der Waals surface area contributed by atoms with Gasteiger partial charge in [0.25, 0.3) is 0 Å². The summed E-state index contributed by atoms with van der Waals surface area (Å²) >= 11 is 0. The number of aryl methyl sites for hydroxylation is 2. The van der Waals surface area contributed by atoms with Crippen LogP contribution in [0.1, 0.15) is 73.3 Å². The van der Waals surface area contributed by atoms with Gasteiger partial charge in [0.1, 0.15) is 5.58 Å². The Morgan fingerprint density at radius 3 is 2.15 bits per heavy atom. The van der Waals surface area contributed by atoms with Crippen LogP contribution in [-0.4, -0.2) is 19.5 Å². The molecule has 1 aliphatic carbocycles. The molecular weight excluding hydrogens is 1150 g/mol. The Morgan fingerprint density at radius 1 is 0.537 bits per heavy atom. The van der Waals surface area contributed by atoms with E-state index in [1.54, 1.807) is 0 Å². The Balaban J connectivity index is 0.000000161. The molecule has 5 heterocycles. The van der Waals surface area contributed by atoms with Crippen LogP contribution in [0.15, 0.2) is 223 Å². The first-order valence-corrected chi connectivity index (χ1v) is 27.6. The number of rotatable bonds is 9. The minimum atomic E-state index is 0. The molecule has 0 amide bonds. The zero-order valence-corrected chi connectivity index (χ0v) is 47.8. The number of hydrogen-bond acceptors (Lipinski definition) is 4. The summed E-state index contributed by atoms with van der Waals surface area (Å²) in [4.78, 5) is 14.0. The van der Waals surface area contributed by atoms with Gasteiger partial charge in [-0.1, -0.05) is 122 Å². The largest absolute Gasteiger partial charge is 3.00 e. The van der Waals surface area contributed by atoms with Gasteiger partial charge in [-0.05, 0) is 167 Å². The van der Waals surface area contributed by atoms with E-state index >= 15 is 0 Å². The van der Waals surface area contributed by atoms with Crippen molar-refractivity contribution in [2.45, 2.75) is 65.7 Å². The summed E-state index contributed by atoms with van der Waals surface area (Å²) in [6, 6.07) is 80.4. The van der Waals surface area contributed by atoms with Gasteiger partial charge < -0.3 is 23.9 Å². The van der Waals surface area contributed by atoms with Crippen LogP contribution in [0.4, 0.5) is 0 Å². The summed E-state index contributed by atoms with van der Waals surface area (Å²) in [5, 5.41) is 4.70. The number of benzene rings is 8. The van der Waals surface area contributed by atoms with E-state index in [1.807, 2.05) is 79.3 Å². The van der Waals surface area contributed by atoms with Gasteiger partial charge in [-0.3, -0.25) is 0 Å². The van der Waals surface area contributed by atoms with Crippen molar-refractivity contribution >= 4 is 43.7 Å². The van der Waals surface area contributed by atoms with Crippen LogP contribution in [-0.2, 0) is 26.5 Å². The number of pyridine rings is 3. The van der Waals surface area contributed by atoms with E-state index in [1.165, 1.54) is 92.0 Å². The zero-order valence-electron chi connectivity index (χ0n) is 45.4. The topological polar surface area (TPSA) is 56.7 Å². The van der Waals surface area contributed by atoms with E-state index in [4.69, 9.17) is 9.40 Å². The zero-order chi connectivity index (χ0) is 53.5. The average molecular weight is 1210 g/mol. The Morgan fingerprint density at radius 2 is 1.32 bits per heavy atom. The fourth-order valence-electron chi connectivity index (χ4n) is 12.0.